The Morgan fingerprint density at radius 1 is 1.38 bits per heavy atom. The lowest BCUT2D eigenvalue weighted by Crippen LogP contribution is -1.92. The Bertz CT molecular complexity index is 35.4. The van der Waals surface area contributed by atoms with Crippen LogP contribution in [0.3, 0.4) is 0 Å². The molecular formula is C5H11BO2. The van der Waals surface area contributed by atoms with E-state index in [4.69, 9.17) is 0 Å². The van der Waals surface area contributed by atoms with E-state index in [1.165, 1.54) is 12.8 Å². The van der Waals surface area contributed by atoms with E-state index in [-0.39, 0.29) is 0 Å². The first-order chi connectivity index (χ1) is 3.91. The van der Waals surface area contributed by atoms with E-state index < -0.39 is 0 Å². The first-order valence-electron chi connectivity index (χ1n) is 2.90. The van der Waals surface area contributed by atoms with Gasteiger partial charge in [-0.15, -0.1) is 0 Å². The maximum atomic E-state index is 4.59. The second kappa shape index (κ2) is 6.98. The molecule has 2 radical (unpaired) electrons. The Labute approximate surface area is 51.5 Å². The molecule has 3 heteroatoms. The first kappa shape index (κ1) is 7.98. The van der Waals surface area contributed by atoms with Gasteiger partial charge in [0.1, 0.15) is 0 Å². The molecule has 0 unspecified atom stereocenters. The van der Waals surface area contributed by atoms with Gasteiger partial charge in [-0.05, 0) is 6.42 Å². The maximum Gasteiger partial charge on any atom is 0.338 e. The van der Waals surface area contributed by atoms with Crippen LogP contribution in [0.1, 0.15) is 26.2 Å². The molecule has 0 aromatic rings. The van der Waals surface area contributed by atoms with Gasteiger partial charge >= 0.3 is 8.05 Å². The topological polar surface area (TPSA) is 18.5 Å². The van der Waals surface area contributed by atoms with E-state index in [9.17, 15) is 0 Å². The third-order valence-corrected chi connectivity index (χ3v) is 0.899. The Morgan fingerprint density at radius 3 is 2.62 bits per heavy atom. The molecule has 0 fully saturated rings. The summed E-state index contributed by atoms with van der Waals surface area (Å²) < 4.78 is 0. The molecular weight excluding hydrogens is 103 g/mol. The maximum absolute atomic E-state index is 4.59. The highest BCUT2D eigenvalue weighted by Crippen LogP contribution is 1.92. The van der Waals surface area contributed by atoms with E-state index >= 15 is 0 Å². The van der Waals surface area contributed by atoms with Crippen LogP contribution in [0.5, 0.6) is 0 Å². The average Bonchev–Trinajstić information content (AvgIpc) is 1.81. The zero-order chi connectivity index (χ0) is 6.24. The molecule has 0 aliphatic rings. The summed E-state index contributed by atoms with van der Waals surface area (Å²) in [6, 6.07) is 0. The van der Waals surface area contributed by atoms with Crippen LogP contribution in [0.25, 0.3) is 0 Å². The fourth-order valence-electron chi connectivity index (χ4n) is 0.459. The molecule has 0 saturated heterocycles. The molecule has 0 aliphatic heterocycles. The summed E-state index contributed by atoms with van der Waals surface area (Å²) in [5.74, 6) is 0. The van der Waals surface area contributed by atoms with Crippen molar-refractivity contribution in [2.75, 3.05) is 6.61 Å². The standard InChI is InChI=1S/C5H11BO2/c1-2-3-4-5-7-8-6/h2-5H2,1H3. The second-order valence-corrected chi connectivity index (χ2v) is 1.63. The van der Waals surface area contributed by atoms with Gasteiger partial charge in [0.15, 0.2) is 0 Å². The molecule has 0 atom stereocenters. The highest BCUT2D eigenvalue weighted by Gasteiger charge is 1.83. The fraction of sp³-hybridized carbons (Fsp3) is 1.00. The van der Waals surface area contributed by atoms with Gasteiger partial charge in [0, 0.05) is 0 Å². The monoisotopic (exact) mass is 114 g/mol. The Kier molecular flexibility index (Phi) is 6.97. The molecule has 0 aromatic carbocycles. The summed E-state index contributed by atoms with van der Waals surface area (Å²) in [5, 5.41) is 0. The largest absolute Gasteiger partial charge is 0.338 e. The van der Waals surface area contributed by atoms with Crippen LogP contribution in [0.15, 0.2) is 0 Å². The molecule has 2 nitrogen and oxygen atoms in total. The van der Waals surface area contributed by atoms with Crippen molar-refractivity contribution in [3.63, 3.8) is 0 Å². The van der Waals surface area contributed by atoms with Gasteiger partial charge in [0.2, 0.25) is 0 Å². The van der Waals surface area contributed by atoms with Crippen LogP contribution in [0, 0.1) is 0 Å². The second-order valence-electron chi connectivity index (χ2n) is 1.63. The highest BCUT2D eigenvalue weighted by atomic mass is 17.2. The fourth-order valence-corrected chi connectivity index (χ4v) is 0.459. The summed E-state index contributed by atoms with van der Waals surface area (Å²) in [6.45, 7) is 2.73. The summed E-state index contributed by atoms with van der Waals surface area (Å²) in [5.41, 5.74) is 0. The van der Waals surface area contributed by atoms with Crippen LogP contribution < -0.4 is 0 Å². The minimum Gasteiger partial charge on any atom is -0.318 e. The molecule has 8 heavy (non-hydrogen) atoms. The van der Waals surface area contributed by atoms with Gasteiger partial charge < -0.3 is 4.81 Å². The lowest BCUT2D eigenvalue weighted by molar-refractivity contribution is -0.204. The van der Waals surface area contributed by atoms with E-state index in [0.29, 0.717) is 6.61 Å². The smallest absolute Gasteiger partial charge is 0.318 e. The van der Waals surface area contributed by atoms with Gasteiger partial charge in [-0.25, -0.2) is 0 Å². The summed E-state index contributed by atoms with van der Waals surface area (Å²) in [7, 11) is 4.59. The highest BCUT2D eigenvalue weighted by molar-refractivity contribution is 5.97. The molecule has 0 amide bonds. The third kappa shape index (κ3) is 5.98. The van der Waals surface area contributed by atoms with Crippen molar-refractivity contribution in [3.05, 3.63) is 0 Å². The SMILES string of the molecule is [B]OOCCCCC. The number of hydrogen-bond donors (Lipinski definition) is 0. The van der Waals surface area contributed by atoms with Crippen molar-refractivity contribution < 1.29 is 9.69 Å². The molecule has 0 bridgehead atoms. The van der Waals surface area contributed by atoms with Gasteiger partial charge in [0.25, 0.3) is 0 Å². The van der Waals surface area contributed by atoms with Crippen molar-refractivity contribution in [3.8, 4) is 0 Å². The summed E-state index contributed by atoms with van der Waals surface area (Å²) in [6.07, 6.45) is 3.38. The van der Waals surface area contributed by atoms with Crippen molar-refractivity contribution in [1.82, 2.24) is 0 Å². The number of rotatable bonds is 5. The van der Waals surface area contributed by atoms with E-state index in [1.54, 1.807) is 0 Å². The van der Waals surface area contributed by atoms with Crippen LogP contribution in [-0.2, 0) is 9.69 Å². The lowest BCUT2D eigenvalue weighted by Gasteiger charge is -1.96. The normalized spacial score (nSPS) is 9.62. The first-order valence-corrected chi connectivity index (χ1v) is 2.90. The van der Waals surface area contributed by atoms with Gasteiger partial charge in [-0.3, -0.25) is 4.89 Å². The van der Waals surface area contributed by atoms with E-state index in [0.717, 1.165) is 6.42 Å². The average molecular weight is 114 g/mol. The van der Waals surface area contributed by atoms with Crippen molar-refractivity contribution in [2.45, 2.75) is 26.2 Å². The van der Waals surface area contributed by atoms with Gasteiger partial charge in [-0.2, -0.15) is 0 Å². The molecule has 0 N–H and O–H groups in total. The molecule has 0 saturated carbocycles. The Morgan fingerprint density at radius 2 is 2.12 bits per heavy atom. The van der Waals surface area contributed by atoms with E-state index in [2.05, 4.69) is 24.7 Å². The summed E-state index contributed by atoms with van der Waals surface area (Å²) >= 11 is 0. The number of hydrogen-bond acceptors (Lipinski definition) is 2. The minimum absolute atomic E-state index is 0.602. The molecule has 0 spiro atoms. The molecule has 0 aliphatic carbocycles. The lowest BCUT2D eigenvalue weighted by atomic mass is 10.3. The van der Waals surface area contributed by atoms with Crippen molar-refractivity contribution in [1.29, 1.82) is 0 Å². The predicted octanol–water partition coefficient (Wildman–Crippen LogP) is 1.21. The zero-order valence-corrected chi connectivity index (χ0v) is 5.22. The zero-order valence-electron chi connectivity index (χ0n) is 5.22. The predicted molar refractivity (Wildman–Crippen MR) is 32.3 cm³/mol. The Hall–Kier alpha value is -0.0151. The van der Waals surface area contributed by atoms with Gasteiger partial charge in [0.05, 0.1) is 6.61 Å². The molecule has 46 valence electrons. The van der Waals surface area contributed by atoms with Crippen LogP contribution in [-0.4, -0.2) is 14.7 Å². The van der Waals surface area contributed by atoms with Crippen molar-refractivity contribution >= 4 is 8.05 Å². The van der Waals surface area contributed by atoms with Crippen LogP contribution >= 0.6 is 0 Å². The summed E-state index contributed by atoms with van der Waals surface area (Å²) in [4.78, 5) is 8.30. The minimum atomic E-state index is 0.602. The number of unbranched alkanes of at least 4 members (excludes halogenated alkanes) is 2. The van der Waals surface area contributed by atoms with Crippen LogP contribution in [0.4, 0.5) is 0 Å². The molecule has 0 heterocycles. The Balaban J connectivity index is 2.53. The molecule has 0 rings (SSSR count). The van der Waals surface area contributed by atoms with E-state index in [1.807, 2.05) is 0 Å². The third-order valence-electron chi connectivity index (χ3n) is 0.899. The molecule has 0 aromatic heterocycles. The quantitative estimate of drug-likeness (QED) is 0.231. The van der Waals surface area contributed by atoms with Gasteiger partial charge in [-0.1, -0.05) is 19.8 Å². The van der Waals surface area contributed by atoms with Crippen molar-refractivity contribution in [2.24, 2.45) is 0 Å². The van der Waals surface area contributed by atoms with Crippen LogP contribution in [0.2, 0.25) is 0 Å².